The van der Waals surface area contributed by atoms with Crippen LogP contribution >= 0.6 is 23.2 Å². The lowest BCUT2D eigenvalue weighted by atomic mass is 9.96. The quantitative estimate of drug-likeness (QED) is 0.878. The first-order chi connectivity index (χ1) is 7.15. The van der Waals surface area contributed by atoms with E-state index in [-0.39, 0.29) is 0 Å². The molecule has 1 atom stereocenters. The molecular formula is C11H10Cl2O2. The molecule has 0 aromatic heterocycles. The van der Waals surface area contributed by atoms with Gasteiger partial charge in [0, 0.05) is 10.6 Å². The second-order valence-corrected chi connectivity index (χ2v) is 3.73. The van der Waals surface area contributed by atoms with Crippen LogP contribution in [-0.2, 0) is 4.79 Å². The van der Waals surface area contributed by atoms with Crippen molar-refractivity contribution in [2.75, 3.05) is 0 Å². The van der Waals surface area contributed by atoms with Gasteiger partial charge in [-0.2, -0.15) is 0 Å². The van der Waals surface area contributed by atoms with Gasteiger partial charge in [0.2, 0.25) is 0 Å². The minimum absolute atomic E-state index is 0.360. The number of carbonyl (C=O) groups is 1. The van der Waals surface area contributed by atoms with Gasteiger partial charge < -0.3 is 5.11 Å². The smallest absolute Gasteiger partial charge is 0.311 e. The molecule has 1 rings (SSSR count). The highest BCUT2D eigenvalue weighted by molar-refractivity contribution is 6.30. The summed E-state index contributed by atoms with van der Waals surface area (Å²) >= 11 is 11.2. The lowest BCUT2D eigenvalue weighted by molar-refractivity contribution is -0.138. The van der Waals surface area contributed by atoms with E-state index < -0.39 is 11.9 Å². The van der Waals surface area contributed by atoms with Gasteiger partial charge in [0.25, 0.3) is 0 Å². The third-order valence-electron chi connectivity index (χ3n) is 2.01. The van der Waals surface area contributed by atoms with Crippen LogP contribution < -0.4 is 0 Å². The average Bonchev–Trinajstić information content (AvgIpc) is 2.18. The van der Waals surface area contributed by atoms with Crippen molar-refractivity contribution in [3.63, 3.8) is 0 Å². The van der Waals surface area contributed by atoms with Crippen molar-refractivity contribution in [3.8, 4) is 0 Å². The van der Waals surface area contributed by atoms with Crippen molar-refractivity contribution in [1.82, 2.24) is 0 Å². The predicted molar refractivity (Wildman–Crippen MR) is 61.4 cm³/mol. The van der Waals surface area contributed by atoms with Crippen LogP contribution in [0.3, 0.4) is 0 Å². The number of aliphatic carboxylic acids is 1. The molecule has 0 saturated heterocycles. The number of hydrogen-bond donors (Lipinski definition) is 1. The van der Waals surface area contributed by atoms with Gasteiger partial charge in [0.1, 0.15) is 0 Å². The summed E-state index contributed by atoms with van der Waals surface area (Å²) < 4.78 is 0. The maximum absolute atomic E-state index is 11.0. The molecule has 0 aliphatic rings. The van der Waals surface area contributed by atoms with Crippen LogP contribution in [0.25, 0.3) is 0 Å². The summed E-state index contributed by atoms with van der Waals surface area (Å²) in [5, 5.41) is 9.56. The molecule has 0 aliphatic heterocycles. The number of hydrogen-bond acceptors (Lipinski definition) is 1. The van der Waals surface area contributed by atoms with Crippen molar-refractivity contribution in [2.24, 2.45) is 0 Å². The zero-order valence-corrected chi connectivity index (χ0v) is 9.37. The average molecular weight is 245 g/mol. The molecule has 0 spiro atoms. The maximum Gasteiger partial charge on any atom is 0.311 e. The van der Waals surface area contributed by atoms with Crippen molar-refractivity contribution in [2.45, 2.75) is 12.3 Å². The Morgan fingerprint density at radius 1 is 1.53 bits per heavy atom. The van der Waals surface area contributed by atoms with Crippen molar-refractivity contribution < 1.29 is 9.90 Å². The molecular weight excluding hydrogens is 235 g/mol. The topological polar surface area (TPSA) is 37.3 Å². The van der Waals surface area contributed by atoms with E-state index in [0.29, 0.717) is 17.0 Å². The normalized spacial score (nSPS) is 12.9. The molecule has 4 heteroatoms. The fourth-order valence-corrected chi connectivity index (χ4v) is 1.59. The Hall–Kier alpha value is -0.990. The standard InChI is InChI=1S/C11H10Cl2O2/c12-6-2-5-10(11(14)15)8-3-1-4-9(13)7-8/h1-4,6-7,10H,5H2,(H,14,15)/b6-2+. The number of carboxylic acids is 1. The van der Waals surface area contributed by atoms with E-state index in [2.05, 4.69) is 0 Å². The molecule has 1 aromatic rings. The molecule has 0 bridgehead atoms. The Balaban J connectivity index is 2.93. The van der Waals surface area contributed by atoms with Crippen molar-refractivity contribution in [1.29, 1.82) is 0 Å². The zero-order chi connectivity index (χ0) is 11.3. The Morgan fingerprint density at radius 3 is 2.80 bits per heavy atom. The highest BCUT2D eigenvalue weighted by atomic mass is 35.5. The summed E-state index contributed by atoms with van der Waals surface area (Å²) in [6, 6.07) is 6.84. The molecule has 0 amide bonds. The molecule has 80 valence electrons. The van der Waals surface area contributed by atoms with Crippen LogP contribution in [0.1, 0.15) is 17.9 Å². The predicted octanol–water partition coefficient (Wildman–Crippen LogP) is 3.65. The van der Waals surface area contributed by atoms with E-state index in [0.717, 1.165) is 0 Å². The first-order valence-corrected chi connectivity index (χ1v) is 5.20. The molecule has 1 N–H and O–H groups in total. The van der Waals surface area contributed by atoms with Crippen LogP contribution in [0.2, 0.25) is 5.02 Å². The van der Waals surface area contributed by atoms with E-state index in [4.69, 9.17) is 28.3 Å². The van der Waals surface area contributed by atoms with Gasteiger partial charge in [-0.3, -0.25) is 4.79 Å². The minimum atomic E-state index is -0.882. The SMILES string of the molecule is O=C(O)C(C/C=C/Cl)c1cccc(Cl)c1. The fourth-order valence-electron chi connectivity index (χ4n) is 1.29. The highest BCUT2D eigenvalue weighted by Gasteiger charge is 2.18. The second kappa shape index (κ2) is 5.79. The third-order valence-corrected chi connectivity index (χ3v) is 2.42. The van der Waals surface area contributed by atoms with Crippen LogP contribution in [0.4, 0.5) is 0 Å². The van der Waals surface area contributed by atoms with Crippen LogP contribution in [0, 0.1) is 0 Å². The van der Waals surface area contributed by atoms with Gasteiger partial charge in [0.05, 0.1) is 5.92 Å². The van der Waals surface area contributed by atoms with E-state index in [1.54, 1.807) is 30.3 Å². The van der Waals surface area contributed by atoms with Crippen LogP contribution in [0.15, 0.2) is 35.9 Å². The van der Waals surface area contributed by atoms with Gasteiger partial charge in [-0.05, 0) is 24.1 Å². The van der Waals surface area contributed by atoms with Gasteiger partial charge in [-0.15, -0.1) is 0 Å². The number of allylic oxidation sites excluding steroid dienone is 1. The lowest BCUT2D eigenvalue weighted by Crippen LogP contribution is -2.10. The molecule has 0 saturated carbocycles. The summed E-state index contributed by atoms with van der Waals surface area (Å²) in [5.41, 5.74) is 2.00. The van der Waals surface area contributed by atoms with Gasteiger partial charge in [-0.25, -0.2) is 0 Å². The van der Waals surface area contributed by atoms with Crippen LogP contribution in [-0.4, -0.2) is 11.1 Å². The van der Waals surface area contributed by atoms with E-state index >= 15 is 0 Å². The Bertz CT molecular complexity index is 375. The molecule has 1 aromatic carbocycles. The molecule has 0 heterocycles. The number of carboxylic acid groups (broad SMARTS) is 1. The Morgan fingerprint density at radius 2 is 2.27 bits per heavy atom. The second-order valence-electron chi connectivity index (χ2n) is 3.04. The van der Waals surface area contributed by atoms with Gasteiger partial charge in [-0.1, -0.05) is 41.4 Å². The van der Waals surface area contributed by atoms with Gasteiger partial charge >= 0.3 is 5.97 Å². The molecule has 1 unspecified atom stereocenters. The molecule has 2 nitrogen and oxygen atoms in total. The maximum atomic E-state index is 11.0. The van der Waals surface area contributed by atoms with Crippen molar-refractivity contribution in [3.05, 3.63) is 46.5 Å². The molecule has 0 radical (unpaired) electrons. The highest BCUT2D eigenvalue weighted by Crippen LogP contribution is 2.23. The zero-order valence-electron chi connectivity index (χ0n) is 7.86. The summed E-state index contributed by atoms with van der Waals surface area (Å²) in [6.07, 6.45) is 1.97. The Labute approximate surface area is 98.1 Å². The van der Waals surface area contributed by atoms with E-state index in [1.807, 2.05) is 0 Å². The van der Waals surface area contributed by atoms with Crippen LogP contribution in [0.5, 0.6) is 0 Å². The van der Waals surface area contributed by atoms with E-state index in [1.165, 1.54) is 5.54 Å². The monoisotopic (exact) mass is 244 g/mol. The largest absolute Gasteiger partial charge is 0.481 e. The lowest BCUT2D eigenvalue weighted by Gasteiger charge is -2.10. The third kappa shape index (κ3) is 3.57. The summed E-state index contributed by atoms with van der Waals surface area (Å²) in [4.78, 5) is 11.0. The number of benzene rings is 1. The molecule has 15 heavy (non-hydrogen) atoms. The summed E-state index contributed by atoms with van der Waals surface area (Å²) in [7, 11) is 0. The first kappa shape index (κ1) is 12.1. The Kier molecular flexibility index (Phi) is 4.66. The van der Waals surface area contributed by atoms with E-state index in [9.17, 15) is 4.79 Å². The number of rotatable bonds is 4. The molecule has 0 fully saturated rings. The molecule has 0 aliphatic carbocycles. The minimum Gasteiger partial charge on any atom is -0.481 e. The van der Waals surface area contributed by atoms with Crippen molar-refractivity contribution >= 4 is 29.2 Å². The number of halogens is 2. The first-order valence-electron chi connectivity index (χ1n) is 4.38. The van der Waals surface area contributed by atoms with Gasteiger partial charge in [0.15, 0.2) is 0 Å². The summed E-state index contributed by atoms with van der Waals surface area (Å²) in [5.74, 6) is -1.48. The summed E-state index contributed by atoms with van der Waals surface area (Å²) in [6.45, 7) is 0. The fraction of sp³-hybridized carbons (Fsp3) is 0.182.